The van der Waals surface area contributed by atoms with Gasteiger partial charge >= 0.3 is 0 Å². The van der Waals surface area contributed by atoms with Gasteiger partial charge in [-0.2, -0.15) is 0 Å². The van der Waals surface area contributed by atoms with E-state index in [9.17, 15) is 14.9 Å². The first kappa shape index (κ1) is 17.2. The highest BCUT2D eigenvalue weighted by Crippen LogP contribution is 2.20. The second-order valence-electron chi connectivity index (χ2n) is 5.48. The summed E-state index contributed by atoms with van der Waals surface area (Å²) in [4.78, 5) is 35.4. The van der Waals surface area contributed by atoms with Crippen molar-refractivity contribution >= 4 is 11.6 Å². The first-order chi connectivity index (χ1) is 12.6. The highest BCUT2D eigenvalue weighted by molar-refractivity contribution is 5.96. The standard InChI is InChI=1S/C17H16N6O3/c1-12-13(4-2-5-14(12)23(25)26)17(24)21-9-11-22-10-8-20-16(22)15-18-6-3-7-19-15/h2-8,10H,9,11H2,1H3,(H,21,24). The van der Waals surface area contributed by atoms with E-state index in [1.807, 2.05) is 4.57 Å². The summed E-state index contributed by atoms with van der Waals surface area (Å²) in [5, 5.41) is 13.8. The lowest BCUT2D eigenvalue weighted by Gasteiger charge is -2.10. The minimum absolute atomic E-state index is 0.0734. The number of carbonyl (C=O) groups excluding carboxylic acids is 1. The molecule has 132 valence electrons. The van der Waals surface area contributed by atoms with Crippen LogP contribution in [0.1, 0.15) is 15.9 Å². The lowest BCUT2D eigenvalue weighted by molar-refractivity contribution is -0.385. The number of nitrogens with one attached hydrogen (secondary N) is 1. The van der Waals surface area contributed by atoms with Crippen molar-refractivity contribution in [3.63, 3.8) is 0 Å². The maximum absolute atomic E-state index is 12.3. The molecule has 0 bridgehead atoms. The normalized spacial score (nSPS) is 10.5. The Morgan fingerprint density at radius 3 is 2.69 bits per heavy atom. The Labute approximate surface area is 148 Å². The molecule has 0 aliphatic carbocycles. The zero-order chi connectivity index (χ0) is 18.5. The van der Waals surface area contributed by atoms with E-state index in [4.69, 9.17) is 0 Å². The van der Waals surface area contributed by atoms with Crippen LogP contribution in [0.5, 0.6) is 0 Å². The molecule has 1 aromatic carbocycles. The molecule has 9 nitrogen and oxygen atoms in total. The van der Waals surface area contributed by atoms with Crippen LogP contribution in [-0.2, 0) is 6.54 Å². The Hall–Kier alpha value is -3.62. The Bertz CT molecular complexity index is 939. The molecule has 0 radical (unpaired) electrons. The largest absolute Gasteiger partial charge is 0.350 e. The van der Waals surface area contributed by atoms with Crippen LogP contribution in [0.15, 0.2) is 49.1 Å². The third-order valence-electron chi connectivity index (χ3n) is 3.87. The number of rotatable bonds is 6. The highest BCUT2D eigenvalue weighted by atomic mass is 16.6. The van der Waals surface area contributed by atoms with E-state index >= 15 is 0 Å². The number of nitro groups is 1. The Morgan fingerprint density at radius 1 is 1.19 bits per heavy atom. The number of hydrogen-bond acceptors (Lipinski definition) is 6. The Morgan fingerprint density at radius 2 is 1.96 bits per heavy atom. The third-order valence-corrected chi connectivity index (χ3v) is 3.87. The molecule has 0 saturated carbocycles. The molecule has 0 saturated heterocycles. The fraction of sp³-hybridized carbons (Fsp3) is 0.176. The quantitative estimate of drug-likeness (QED) is 0.536. The van der Waals surface area contributed by atoms with Gasteiger partial charge in [-0.25, -0.2) is 15.0 Å². The van der Waals surface area contributed by atoms with Gasteiger partial charge in [-0.1, -0.05) is 6.07 Å². The van der Waals surface area contributed by atoms with Crippen LogP contribution in [0.2, 0.25) is 0 Å². The molecule has 1 N–H and O–H groups in total. The highest BCUT2D eigenvalue weighted by Gasteiger charge is 2.17. The first-order valence-corrected chi connectivity index (χ1v) is 7.88. The van der Waals surface area contributed by atoms with E-state index in [-0.39, 0.29) is 17.2 Å². The van der Waals surface area contributed by atoms with Crippen LogP contribution in [0.3, 0.4) is 0 Å². The molecule has 3 rings (SSSR count). The Balaban J connectivity index is 1.67. The molecule has 0 fully saturated rings. The summed E-state index contributed by atoms with van der Waals surface area (Å²) in [7, 11) is 0. The zero-order valence-electron chi connectivity index (χ0n) is 14.0. The predicted molar refractivity (Wildman–Crippen MR) is 93.4 cm³/mol. The number of hydrogen-bond donors (Lipinski definition) is 1. The molecule has 3 aromatic rings. The van der Waals surface area contributed by atoms with Crippen molar-refractivity contribution in [2.75, 3.05) is 6.54 Å². The summed E-state index contributed by atoms with van der Waals surface area (Å²) in [5.74, 6) is 0.744. The average Bonchev–Trinajstić information content (AvgIpc) is 3.11. The van der Waals surface area contributed by atoms with Crippen molar-refractivity contribution in [2.45, 2.75) is 13.5 Å². The average molecular weight is 352 g/mol. The van der Waals surface area contributed by atoms with Gasteiger partial charge < -0.3 is 9.88 Å². The van der Waals surface area contributed by atoms with Crippen molar-refractivity contribution in [1.29, 1.82) is 0 Å². The van der Waals surface area contributed by atoms with Crippen LogP contribution in [0.4, 0.5) is 5.69 Å². The topological polar surface area (TPSA) is 116 Å². The van der Waals surface area contributed by atoms with Crippen molar-refractivity contribution in [3.8, 4) is 11.6 Å². The molecule has 9 heteroatoms. The molecule has 0 aliphatic rings. The maximum Gasteiger partial charge on any atom is 0.273 e. The number of amides is 1. The Kier molecular flexibility index (Phi) is 4.97. The van der Waals surface area contributed by atoms with Gasteiger partial charge in [-0.3, -0.25) is 14.9 Å². The summed E-state index contributed by atoms with van der Waals surface area (Å²) in [6.45, 7) is 2.36. The first-order valence-electron chi connectivity index (χ1n) is 7.88. The molecular weight excluding hydrogens is 336 g/mol. The van der Waals surface area contributed by atoms with Crippen molar-refractivity contribution < 1.29 is 9.72 Å². The summed E-state index contributed by atoms with van der Waals surface area (Å²) in [6.07, 6.45) is 6.68. The number of imidazole rings is 1. The van der Waals surface area contributed by atoms with E-state index in [1.54, 1.807) is 43.8 Å². The number of carbonyl (C=O) groups is 1. The molecule has 0 spiro atoms. The summed E-state index contributed by atoms with van der Waals surface area (Å²) in [6, 6.07) is 6.17. The fourth-order valence-corrected chi connectivity index (χ4v) is 2.56. The van der Waals surface area contributed by atoms with Gasteiger partial charge in [0.1, 0.15) is 0 Å². The summed E-state index contributed by atoms with van der Waals surface area (Å²) < 4.78 is 1.83. The third kappa shape index (κ3) is 3.56. The molecule has 0 atom stereocenters. The lowest BCUT2D eigenvalue weighted by atomic mass is 10.1. The van der Waals surface area contributed by atoms with Gasteiger partial charge in [0.2, 0.25) is 0 Å². The number of aromatic nitrogens is 4. The minimum Gasteiger partial charge on any atom is -0.350 e. The van der Waals surface area contributed by atoms with Gasteiger partial charge in [-0.15, -0.1) is 0 Å². The van der Waals surface area contributed by atoms with Crippen molar-refractivity contribution in [1.82, 2.24) is 24.8 Å². The second kappa shape index (κ2) is 7.51. The molecule has 26 heavy (non-hydrogen) atoms. The van der Waals surface area contributed by atoms with Crippen LogP contribution in [0.25, 0.3) is 11.6 Å². The number of benzene rings is 1. The zero-order valence-corrected chi connectivity index (χ0v) is 14.0. The van der Waals surface area contributed by atoms with Gasteiger partial charge in [0.05, 0.1) is 4.92 Å². The molecule has 2 aromatic heterocycles. The summed E-state index contributed by atoms with van der Waals surface area (Å²) in [5.41, 5.74) is 0.559. The molecule has 0 unspecified atom stereocenters. The summed E-state index contributed by atoms with van der Waals surface area (Å²) >= 11 is 0. The van der Waals surface area contributed by atoms with Gasteiger partial charge in [0.15, 0.2) is 11.6 Å². The molecular formula is C17H16N6O3. The van der Waals surface area contributed by atoms with Crippen LogP contribution in [-0.4, -0.2) is 36.9 Å². The van der Waals surface area contributed by atoms with E-state index in [2.05, 4.69) is 20.3 Å². The van der Waals surface area contributed by atoms with Crippen molar-refractivity contribution in [2.24, 2.45) is 0 Å². The van der Waals surface area contributed by atoms with Crippen molar-refractivity contribution in [3.05, 3.63) is 70.3 Å². The maximum atomic E-state index is 12.3. The lowest BCUT2D eigenvalue weighted by Crippen LogP contribution is -2.28. The SMILES string of the molecule is Cc1c(C(=O)NCCn2ccnc2-c2ncccn2)cccc1[N+](=O)[O-]. The van der Waals surface area contributed by atoms with Crippen LogP contribution < -0.4 is 5.32 Å². The van der Waals surface area contributed by atoms with E-state index in [1.165, 1.54) is 12.1 Å². The van der Waals surface area contributed by atoms with E-state index in [0.717, 1.165) is 0 Å². The van der Waals surface area contributed by atoms with Gasteiger partial charge in [-0.05, 0) is 19.1 Å². The van der Waals surface area contributed by atoms with Crippen LogP contribution in [0, 0.1) is 17.0 Å². The number of nitrogens with zero attached hydrogens (tertiary/aromatic N) is 5. The molecule has 2 heterocycles. The van der Waals surface area contributed by atoms with Gasteiger partial charge in [0.25, 0.3) is 11.6 Å². The smallest absolute Gasteiger partial charge is 0.273 e. The predicted octanol–water partition coefficient (Wildman–Crippen LogP) is 1.99. The van der Waals surface area contributed by atoms with E-state index < -0.39 is 4.92 Å². The van der Waals surface area contributed by atoms with E-state index in [0.29, 0.717) is 30.3 Å². The van der Waals surface area contributed by atoms with Gasteiger partial charge in [0, 0.05) is 55.1 Å². The fourth-order valence-electron chi connectivity index (χ4n) is 2.56. The van der Waals surface area contributed by atoms with Crippen LogP contribution >= 0.6 is 0 Å². The second-order valence-corrected chi connectivity index (χ2v) is 5.48. The molecule has 0 aliphatic heterocycles. The monoisotopic (exact) mass is 352 g/mol. The number of nitro benzene ring substituents is 1. The molecule has 1 amide bonds. The minimum atomic E-state index is -0.496.